The SMILES string of the molecule is Cc1cccc[n+]1-c1nc2ccc(C(F)(F)F)cc2[nH]1. The van der Waals surface area contributed by atoms with E-state index in [-0.39, 0.29) is 0 Å². The van der Waals surface area contributed by atoms with Gasteiger partial charge in [-0.3, -0.25) is 0 Å². The van der Waals surface area contributed by atoms with Crippen LogP contribution in [0.4, 0.5) is 13.2 Å². The molecular weight excluding hydrogens is 267 g/mol. The van der Waals surface area contributed by atoms with E-state index in [1.54, 1.807) is 10.8 Å². The van der Waals surface area contributed by atoms with Crippen LogP contribution in [0.15, 0.2) is 42.6 Å². The van der Waals surface area contributed by atoms with Crippen LogP contribution in [0, 0.1) is 6.92 Å². The number of hydrogen-bond acceptors (Lipinski definition) is 1. The van der Waals surface area contributed by atoms with Gasteiger partial charge < -0.3 is 0 Å². The Morgan fingerprint density at radius 2 is 1.95 bits per heavy atom. The third-order valence-electron chi connectivity index (χ3n) is 3.09. The van der Waals surface area contributed by atoms with Crippen LogP contribution in [0.5, 0.6) is 0 Å². The largest absolute Gasteiger partial charge is 0.416 e. The standard InChI is InChI=1S/C14H11F3N3/c1-9-4-2-3-7-20(9)13-18-11-6-5-10(14(15,16)17)8-12(11)19-13/h2-8H,1H3,(H,18,19)/q+1. The summed E-state index contributed by atoms with van der Waals surface area (Å²) in [4.78, 5) is 7.22. The number of rotatable bonds is 1. The molecule has 0 atom stereocenters. The highest BCUT2D eigenvalue weighted by Crippen LogP contribution is 2.30. The van der Waals surface area contributed by atoms with Crippen molar-refractivity contribution in [3.63, 3.8) is 0 Å². The molecule has 0 aliphatic heterocycles. The topological polar surface area (TPSA) is 32.6 Å². The lowest BCUT2D eigenvalue weighted by Crippen LogP contribution is -2.34. The molecule has 0 amide bonds. The number of aryl methyl sites for hydroxylation is 1. The van der Waals surface area contributed by atoms with Gasteiger partial charge in [0.05, 0.1) is 17.5 Å². The van der Waals surface area contributed by atoms with E-state index in [9.17, 15) is 13.2 Å². The van der Waals surface area contributed by atoms with Crippen LogP contribution in [-0.4, -0.2) is 9.97 Å². The number of pyridine rings is 1. The average molecular weight is 278 g/mol. The number of halogens is 3. The lowest BCUT2D eigenvalue weighted by molar-refractivity contribution is -0.609. The maximum Gasteiger partial charge on any atom is 0.416 e. The molecule has 3 rings (SSSR count). The fourth-order valence-electron chi connectivity index (χ4n) is 2.05. The van der Waals surface area contributed by atoms with Gasteiger partial charge >= 0.3 is 12.1 Å². The molecule has 0 bridgehead atoms. The molecule has 6 heteroatoms. The van der Waals surface area contributed by atoms with Crippen molar-refractivity contribution < 1.29 is 17.7 Å². The fourth-order valence-corrected chi connectivity index (χ4v) is 2.05. The normalized spacial score (nSPS) is 12.0. The molecule has 3 nitrogen and oxygen atoms in total. The number of imidazole rings is 1. The van der Waals surface area contributed by atoms with Gasteiger partial charge in [-0.1, -0.05) is 11.1 Å². The van der Waals surface area contributed by atoms with Crippen molar-refractivity contribution in [3.05, 3.63) is 53.9 Å². The van der Waals surface area contributed by atoms with Crippen LogP contribution in [-0.2, 0) is 6.18 Å². The Balaban J connectivity index is 2.14. The summed E-state index contributed by atoms with van der Waals surface area (Å²) in [5.74, 6) is 0.498. The van der Waals surface area contributed by atoms with Crippen LogP contribution in [0.25, 0.3) is 17.0 Å². The van der Waals surface area contributed by atoms with E-state index < -0.39 is 11.7 Å². The first-order valence-corrected chi connectivity index (χ1v) is 6.00. The molecular formula is C14H11F3N3+. The predicted octanol–water partition coefficient (Wildman–Crippen LogP) is 3.17. The van der Waals surface area contributed by atoms with Gasteiger partial charge in [-0.15, -0.1) is 0 Å². The molecule has 1 aromatic carbocycles. The van der Waals surface area contributed by atoms with Gasteiger partial charge in [0.25, 0.3) is 0 Å². The smallest absolute Gasteiger partial charge is 0.238 e. The molecule has 0 unspecified atom stereocenters. The van der Waals surface area contributed by atoms with Gasteiger partial charge in [-0.2, -0.15) is 13.2 Å². The Labute approximate surface area is 112 Å². The summed E-state index contributed by atoms with van der Waals surface area (Å²) >= 11 is 0. The molecule has 2 heterocycles. The van der Waals surface area contributed by atoms with Crippen molar-refractivity contribution in [2.75, 3.05) is 0 Å². The molecule has 3 aromatic rings. The van der Waals surface area contributed by atoms with Crippen molar-refractivity contribution in [1.82, 2.24) is 9.97 Å². The molecule has 0 aliphatic rings. The summed E-state index contributed by atoms with van der Waals surface area (Å²) in [6.07, 6.45) is -2.55. The number of nitrogens with one attached hydrogen (secondary N) is 1. The van der Waals surface area contributed by atoms with Crippen LogP contribution in [0.2, 0.25) is 0 Å². The predicted molar refractivity (Wildman–Crippen MR) is 67.4 cm³/mol. The molecule has 0 aliphatic carbocycles. The third-order valence-corrected chi connectivity index (χ3v) is 3.09. The summed E-state index contributed by atoms with van der Waals surface area (Å²) in [5.41, 5.74) is 1.12. The van der Waals surface area contributed by atoms with Crippen LogP contribution in [0.3, 0.4) is 0 Å². The summed E-state index contributed by atoms with van der Waals surface area (Å²) in [7, 11) is 0. The van der Waals surface area contributed by atoms with E-state index in [1.807, 2.05) is 25.1 Å². The van der Waals surface area contributed by atoms with Gasteiger partial charge in [0.15, 0.2) is 5.52 Å². The zero-order chi connectivity index (χ0) is 14.3. The van der Waals surface area contributed by atoms with Gasteiger partial charge in [0.2, 0.25) is 0 Å². The van der Waals surface area contributed by atoms with E-state index in [4.69, 9.17) is 0 Å². The zero-order valence-electron chi connectivity index (χ0n) is 10.6. The average Bonchev–Trinajstić information content (AvgIpc) is 2.80. The molecule has 0 spiro atoms. The number of nitrogens with zero attached hydrogens (tertiary/aromatic N) is 2. The first-order chi connectivity index (χ1) is 9.45. The number of alkyl halides is 3. The lowest BCUT2D eigenvalue weighted by Gasteiger charge is -2.04. The third kappa shape index (κ3) is 2.13. The van der Waals surface area contributed by atoms with Gasteiger partial charge in [0, 0.05) is 0 Å². The number of fused-ring (bicyclic) bond motifs is 1. The Hall–Kier alpha value is -2.37. The molecule has 1 N–H and O–H groups in total. The van der Waals surface area contributed by atoms with E-state index in [0.717, 1.165) is 17.8 Å². The maximum atomic E-state index is 12.7. The molecule has 0 radical (unpaired) electrons. The molecule has 0 saturated carbocycles. The van der Waals surface area contributed by atoms with Crippen LogP contribution >= 0.6 is 0 Å². The van der Waals surface area contributed by atoms with Crippen molar-refractivity contribution in [2.45, 2.75) is 13.1 Å². The Morgan fingerprint density at radius 3 is 2.65 bits per heavy atom. The van der Waals surface area contributed by atoms with E-state index in [2.05, 4.69) is 9.97 Å². The first kappa shape index (κ1) is 12.7. The number of H-pyrrole nitrogens is 1. The highest BCUT2D eigenvalue weighted by Gasteiger charge is 2.31. The zero-order valence-corrected chi connectivity index (χ0v) is 10.6. The van der Waals surface area contributed by atoms with Crippen molar-refractivity contribution in [2.24, 2.45) is 0 Å². The summed E-state index contributed by atoms with van der Waals surface area (Å²) in [6, 6.07) is 9.10. The number of hydrogen-bond donors (Lipinski definition) is 1. The van der Waals surface area contributed by atoms with Crippen molar-refractivity contribution in [3.8, 4) is 5.95 Å². The number of benzene rings is 1. The molecule has 102 valence electrons. The van der Waals surface area contributed by atoms with E-state index in [1.165, 1.54) is 6.07 Å². The second-order valence-corrected chi connectivity index (χ2v) is 4.50. The summed E-state index contributed by atoms with van der Waals surface area (Å²) in [6.45, 7) is 1.90. The Morgan fingerprint density at radius 1 is 1.15 bits per heavy atom. The minimum Gasteiger partial charge on any atom is -0.238 e. The molecule has 2 aromatic heterocycles. The van der Waals surface area contributed by atoms with E-state index >= 15 is 0 Å². The minimum absolute atomic E-state index is 0.366. The van der Waals surface area contributed by atoms with Gasteiger partial charge in [-0.05, 0) is 37.3 Å². The van der Waals surface area contributed by atoms with Gasteiger partial charge in [-0.25, -0.2) is 9.55 Å². The quantitative estimate of drug-likeness (QED) is 0.681. The van der Waals surface area contributed by atoms with Crippen LogP contribution in [0.1, 0.15) is 11.3 Å². The molecule has 20 heavy (non-hydrogen) atoms. The lowest BCUT2D eigenvalue weighted by atomic mass is 10.2. The van der Waals surface area contributed by atoms with Crippen LogP contribution < -0.4 is 4.57 Å². The summed E-state index contributed by atoms with van der Waals surface area (Å²) in [5, 5.41) is 0. The second-order valence-electron chi connectivity index (χ2n) is 4.50. The Bertz CT molecular complexity index is 775. The molecule has 0 saturated heterocycles. The van der Waals surface area contributed by atoms with Crippen molar-refractivity contribution >= 4 is 11.0 Å². The van der Waals surface area contributed by atoms with Crippen molar-refractivity contribution in [1.29, 1.82) is 0 Å². The van der Waals surface area contributed by atoms with Gasteiger partial charge in [0.1, 0.15) is 5.52 Å². The molecule has 0 fully saturated rings. The monoisotopic (exact) mass is 278 g/mol. The highest BCUT2D eigenvalue weighted by molar-refractivity contribution is 5.76. The number of aromatic amines is 1. The fraction of sp³-hybridized carbons (Fsp3) is 0.143. The maximum absolute atomic E-state index is 12.7. The highest BCUT2D eigenvalue weighted by atomic mass is 19.4. The second kappa shape index (κ2) is 4.33. The van der Waals surface area contributed by atoms with E-state index in [0.29, 0.717) is 17.0 Å². The minimum atomic E-state index is -4.35. The number of aromatic nitrogens is 3. The summed E-state index contributed by atoms with van der Waals surface area (Å²) < 4.78 is 39.8. The first-order valence-electron chi connectivity index (χ1n) is 6.00. The Kier molecular flexibility index (Phi) is 2.74.